The summed E-state index contributed by atoms with van der Waals surface area (Å²) in [6, 6.07) is 8.22. The monoisotopic (exact) mass is 231 g/mol. The fourth-order valence-electron chi connectivity index (χ4n) is 2.02. The average Bonchev–Trinajstić information content (AvgIpc) is 2.84. The number of hydrogen-bond donors (Lipinski definition) is 1. The lowest BCUT2D eigenvalue weighted by molar-refractivity contribution is 0.405. The van der Waals surface area contributed by atoms with E-state index in [9.17, 15) is 0 Å². The summed E-state index contributed by atoms with van der Waals surface area (Å²) < 4.78 is 10.6. The largest absolute Gasteiger partial charge is 0.496 e. The van der Waals surface area contributed by atoms with Gasteiger partial charge in [-0.15, -0.1) is 0 Å². The van der Waals surface area contributed by atoms with Crippen molar-refractivity contribution in [2.75, 3.05) is 14.2 Å². The van der Waals surface area contributed by atoms with Crippen LogP contribution >= 0.6 is 0 Å². The van der Waals surface area contributed by atoms with E-state index in [0.29, 0.717) is 0 Å². The molecule has 0 aliphatic heterocycles. The molecular weight excluding hydrogens is 214 g/mol. The van der Waals surface area contributed by atoms with Crippen molar-refractivity contribution < 1.29 is 9.15 Å². The van der Waals surface area contributed by atoms with Gasteiger partial charge in [0.25, 0.3) is 0 Å². The van der Waals surface area contributed by atoms with Crippen molar-refractivity contribution in [3.63, 3.8) is 0 Å². The highest BCUT2D eigenvalue weighted by atomic mass is 16.5. The second-order valence-electron chi connectivity index (χ2n) is 4.02. The van der Waals surface area contributed by atoms with Crippen LogP contribution in [0.5, 0.6) is 5.75 Å². The number of benzene rings is 1. The molecule has 0 radical (unpaired) electrons. The summed E-state index contributed by atoms with van der Waals surface area (Å²) in [5.41, 5.74) is 3.43. The van der Waals surface area contributed by atoms with Gasteiger partial charge in [0.2, 0.25) is 0 Å². The Labute approximate surface area is 101 Å². The molecule has 3 heteroatoms. The molecule has 1 heterocycles. The number of ether oxygens (including phenoxy) is 1. The molecule has 1 unspecified atom stereocenters. The van der Waals surface area contributed by atoms with Crippen molar-refractivity contribution in [1.29, 1.82) is 0 Å². The fraction of sp³-hybridized carbons (Fsp3) is 0.286. The van der Waals surface area contributed by atoms with Crippen LogP contribution in [-0.2, 0) is 0 Å². The van der Waals surface area contributed by atoms with Gasteiger partial charge in [0.05, 0.1) is 25.7 Å². The molecule has 1 atom stereocenters. The minimum Gasteiger partial charge on any atom is -0.496 e. The highest BCUT2D eigenvalue weighted by Crippen LogP contribution is 2.30. The van der Waals surface area contributed by atoms with Crippen LogP contribution in [-0.4, -0.2) is 14.2 Å². The van der Waals surface area contributed by atoms with Gasteiger partial charge in [-0.3, -0.25) is 0 Å². The Balaban J connectivity index is 2.46. The van der Waals surface area contributed by atoms with Crippen LogP contribution < -0.4 is 10.1 Å². The van der Waals surface area contributed by atoms with Crippen LogP contribution in [0, 0.1) is 6.92 Å². The summed E-state index contributed by atoms with van der Waals surface area (Å²) in [5.74, 6) is 0.885. The van der Waals surface area contributed by atoms with Gasteiger partial charge in [0, 0.05) is 11.1 Å². The second kappa shape index (κ2) is 5.06. The Bertz CT molecular complexity index is 477. The quantitative estimate of drug-likeness (QED) is 0.878. The first-order chi connectivity index (χ1) is 8.26. The third kappa shape index (κ3) is 2.34. The topological polar surface area (TPSA) is 34.4 Å². The van der Waals surface area contributed by atoms with Gasteiger partial charge >= 0.3 is 0 Å². The molecule has 3 nitrogen and oxygen atoms in total. The lowest BCUT2D eigenvalue weighted by Gasteiger charge is -2.18. The molecule has 2 aromatic rings. The molecule has 17 heavy (non-hydrogen) atoms. The van der Waals surface area contributed by atoms with E-state index in [1.54, 1.807) is 19.6 Å². The number of rotatable bonds is 4. The highest BCUT2D eigenvalue weighted by Gasteiger charge is 2.17. The first-order valence-electron chi connectivity index (χ1n) is 5.60. The summed E-state index contributed by atoms with van der Waals surface area (Å²) >= 11 is 0. The molecule has 0 aliphatic carbocycles. The molecule has 0 spiro atoms. The standard InChI is InChI=1S/C14H17NO2/c1-10-4-5-13(16-3)12(8-10)14(15-2)11-6-7-17-9-11/h4-9,14-15H,1-3H3. The number of aryl methyl sites for hydroxylation is 1. The average molecular weight is 231 g/mol. The smallest absolute Gasteiger partial charge is 0.124 e. The lowest BCUT2D eigenvalue weighted by Crippen LogP contribution is -2.18. The van der Waals surface area contributed by atoms with Crippen LogP contribution in [0.3, 0.4) is 0 Å². The maximum atomic E-state index is 5.41. The molecule has 0 amide bonds. The van der Waals surface area contributed by atoms with E-state index in [0.717, 1.165) is 16.9 Å². The Morgan fingerprint density at radius 2 is 2.12 bits per heavy atom. The summed E-state index contributed by atoms with van der Waals surface area (Å²) in [4.78, 5) is 0. The molecule has 0 aliphatic rings. The molecular formula is C14H17NO2. The fourth-order valence-corrected chi connectivity index (χ4v) is 2.02. The van der Waals surface area contributed by atoms with Gasteiger partial charge in [0.1, 0.15) is 5.75 Å². The minimum absolute atomic E-state index is 0.0867. The zero-order chi connectivity index (χ0) is 12.3. The summed E-state index contributed by atoms with van der Waals surface area (Å²) in [6.07, 6.45) is 3.44. The molecule has 0 saturated carbocycles. The molecule has 1 N–H and O–H groups in total. The van der Waals surface area contributed by atoms with Crippen molar-refractivity contribution in [2.45, 2.75) is 13.0 Å². The van der Waals surface area contributed by atoms with Crippen molar-refractivity contribution >= 4 is 0 Å². The molecule has 1 aromatic heterocycles. The number of furan rings is 1. The van der Waals surface area contributed by atoms with Gasteiger partial charge < -0.3 is 14.5 Å². The van der Waals surface area contributed by atoms with Gasteiger partial charge in [-0.25, -0.2) is 0 Å². The van der Waals surface area contributed by atoms with E-state index in [-0.39, 0.29) is 6.04 Å². The van der Waals surface area contributed by atoms with Gasteiger partial charge in [-0.05, 0) is 26.1 Å². The van der Waals surface area contributed by atoms with Crippen LogP contribution in [0.2, 0.25) is 0 Å². The van der Waals surface area contributed by atoms with Crippen molar-refractivity contribution in [3.05, 3.63) is 53.5 Å². The SMILES string of the molecule is CNC(c1ccoc1)c1cc(C)ccc1OC. The third-order valence-corrected chi connectivity index (χ3v) is 2.86. The molecule has 2 rings (SSSR count). The third-order valence-electron chi connectivity index (χ3n) is 2.86. The summed E-state index contributed by atoms with van der Waals surface area (Å²) in [6.45, 7) is 2.07. The second-order valence-corrected chi connectivity index (χ2v) is 4.02. The maximum absolute atomic E-state index is 5.41. The van der Waals surface area contributed by atoms with Crippen LogP contribution in [0.1, 0.15) is 22.7 Å². The van der Waals surface area contributed by atoms with Crippen LogP contribution in [0.25, 0.3) is 0 Å². The highest BCUT2D eigenvalue weighted by molar-refractivity contribution is 5.43. The van der Waals surface area contributed by atoms with E-state index in [4.69, 9.17) is 9.15 Å². The first kappa shape index (κ1) is 11.7. The van der Waals surface area contributed by atoms with Crippen LogP contribution in [0.15, 0.2) is 41.2 Å². The Kier molecular flexibility index (Phi) is 3.49. The van der Waals surface area contributed by atoms with Crippen molar-refractivity contribution in [2.24, 2.45) is 0 Å². The Morgan fingerprint density at radius 1 is 1.29 bits per heavy atom. The van der Waals surface area contributed by atoms with Gasteiger partial charge in [-0.1, -0.05) is 17.7 Å². The molecule has 0 fully saturated rings. The van der Waals surface area contributed by atoms with Gasteiger partial charge in [-0.2, -0.15) is 0 Å². The van der Waals surface area contributed by atoms with Gasteiger partial charge in [0.15, 0.2) is 0 Å². The Hall–Kier alpha value is -1.74. The van der Waals surface area contributed by atoms with E-state index in [1.165, 1.54) is 5.56 Å². The molecule has 90 valence electrons. The predicted molar refractivity (Wildman–Crippen MR) is 67.3 cm³/mol. The normalized spacial score (nSPS) is 12.4. The van der Waals surface area contributed by atoms with E-state index in [1.807, 2.05) is 25.2 Å². The maximum Gasteiger partial charge on any atom is 0.124 e. The van der Waals surface area contributed by atoms with E-state index in [2.05, 4.69) is 18.3 Å². The predicted octanol–water partition coefficient (Wildman–Crippen LogP) is 2.91. The summed E-state index contributed by atoms with van der Waals surface area (Å²) in [7, 11) is 3.62. The van der Waals surface area contributed by atoms with E-state index < -0.39 is 0 Å². The van der Waals surface area contributed by atoms with Crippen LogP contribution in [0.4, 0.5) is 0 Å². The molecule has 0 saturated heterocycles. The lowest BCUT2D eigenvalue weighted by atomic mass is 9.98. The molecule has 1 aromatic carbocycles. The first-order valence-corrected chi connectivity index (χ1v) is 5.60. The number of hydrogen-bond acceptors (Lipinski definition) is 3. The minimum atomic E-state index is 0.0867. The van der Waals surface area contributed by atoms with E-state index >= 15 is 0 Å². The zero-order valence-electron chi connectivity index (χ0n) is 10.4. The number of nitrogens with one attached hydrogen (secondary N) is 1. The summed E-state index contributed by atoms with van der Waals surface area (Å²) in [5, 5.41) is 3.28. The number of methoxy groups -OCH3 is 1. The van der Waals surface area contributed by atoms with Crippen molar-refractivity contribution in [3.8, 4) is 5.75 Å². The van der Waals surface area contributed by atoms with Crippen molar-refractivity contribution in [1.82, 2.24) is 5.32 Å². The zero-order valence-corrected chi connectivity index (χ0v) is 10.4. The Morgan fingerprint density at radius 3 is 2.71 bits per heavy atom. The molecule has 0 bridgehead atoms.